The molecule has 0 aliphatic carbocycles. The summed E-state index contributed by atoms with van der Waals surface area (Å²) in [6.45, 7) is 6.01. The minimum atomic E-state index is -0.0277. The lowest BCUT2D eigenvalue weighted by Crippen LogP contribution is -2.37. The van der Waals surface area contributed by atoms with Crippen LogP contribution in [0.25, 0.3) is 0 Å². The van der Waals surface area contributed by atoms with Crippen molar-refractivity contribution >= 4 is 23.2 Å². The van der Waals surface area contributed by atoms with Crippen molar-refractivity contribution in [1.82, 2.24) is 15.1 Å². The van der Waals surface area contributed by atoms with E-state index in [2.05, 4.69) is 27.2 Å². The molecule has 176 valence electrons. The van der Waals surface area contributed by atoms with Crippen molar-refractivity contribution in [3.63, 3.8) is 0 Å². The molecule has 3 aliphatic heterocycles. The molecule has 1 N–H and O–H groups in total. The molecule has 0 radical (unpaired) electrons. The summed E-state index contributed by atoms with van der Waals surface area (Å²) in [7, 11) is 0. The lowest BCUT2D eigenvalue weighted by Gasteiger charge is -2.25. The van der Waals surface area contributed by atoms with Crippen LogP contribution in [0.1, 0.15) is 29.3 Å². The Morgan fingerprint density at radius 3 is 2.52 bits per heavy atom. The number of hydrogen-bond donors (Lipinski definition) is 1. The molecular weight excluding hydrogens is 434 g/mol. The molecule has 0 spiro atoms. The van der Waals surface area contributed by atoms with E-state index in [1.807, 2.05) is 35.7 Å². The van der Waals surface area contributed by atoms with Crippen LogP contribution in [0, 0.1) is 17.8 Å². The van der Waals surface area contributed by atoms with Crippen LogP contribution >= 0.6 is 11.3 Å². The lowest BCUT2D eigenvalue weighted by atomic mass is 10.0. The summed E-state index contributed by atoms with van der Waals surface area (Å²) in [5.41, 5.74) is 1.16. The smallest absolute Gasteiger partial charge is 0.227 e. The highest BCUT2D eigenvalue weighted by Gasteiger charge is 2.41. The summed E-state index contributed by atoms with van der Waals surface area (Å²) in [6, 6.07) is 14.4. The topological polar surface area (TPSA) is 61.9 Å². The fraction of sp³-hybridized carbons (Fsp3) is 0.538. The lowest BCUT2D eigenvalue weighted by molar-refractivity contribution is -0.129. The number of ether oxygens (including phenoxy) is 1. The second-order valence-electron chi connectivity index (χ2n) is 9.66. The normalized spacial score (nSPS) is 25.8. The summed E-state index contributed by atoms with van der Waals surface area (Å²) >= 11 is 1.66. The molecule has 33 heavy (non-hydrogen) atoms. The van der Waals surface area contributed by atoms with Gasteiger partial charge in [-0.15, -0.1) is 11.3 Å². The van der Waals surface area contributed by atoms with Crippen LogP contribution in [-0.2, 0) is 20.7 Å². The number of hydrogen-bond acceptors (Lipinski definition) is 5. The Morgan fingerprint density at radius 1 is 1.06 bits per heavy atom. The maximum atomic E-state index is 12.8. The van der Waals surface area contributed by atoms with Gasteiger partial charge in [0.15, 0.2) is 0 Å². The molecule has 4 heterocycles. The first-order chi connectivity index (χ1) is 16.2. The maximum Gasteiger partial charge on any atom is 0.227 e. The van der Waals surface area contributed by atoms with Gasteiger partial charge < -0.3 is 19.9 Å². The molecule has 0 bridgehead atoms. The molecule has 2 amide bonds. The second kappa shape index (κ2) is 10.4. The van der Waals surface area contributed by atoms with Gasteiger partial charge in [0.1, 0.15) is 0 Å². The van der Waals surface area contributed by atoms with Gasteiger partial charge in [-0.2, -0.15) is 0 Å². The predicted molar refractivity (Wildman–Crippen MR) is 129 cm³/mol. The van der Waals surface area contributed by atoms with Crippen LogP contribution < -0.4 is 5.32 Å². The molecule has 3 fully saturated rings. The first-order valence-corrected chi connectivity index (χ1v) is 13.0. The van der Waals surface area contributed by atoms with Gasteiger partial charge in [0.25, 0.3) is 0 Å². The zero-order valence-electron chi connectivity index (χ0n) is 19.0. The minimum Gasteiger partial charge on any atom is -0.381 e. The quantitative estimate of drug-likeness (QED) is 0.649. The third-order valence-corrected chi connectivity index (χ3v) is 8.25. The van der Waals surface area contributed by atoms with Crippen LogP contribution in [-0.4, -0.2) is 67.6 Å². The van der Waals surface area contributed by atoms with E-state index < -0.39 is 0 Å². The third kappa shape index (κ3) is 5.48. The highest BCUT2D eigenvalue weighted by Crippen LogP contribution is 2.32. The first-order valence-electron chi connectivity index (χ1n) is 12.1. The number of likely N-dealkylation sites (tertiary alicyclic amines) is 2. The van der Waals surface area contributed by atoms with E-state index in [0.717, 1.165) is 56.0 Å². The SMILES string of the molecule is O=C(N[C@@H](CCN1CC2CN(C(=O)Cc3cccs3)CC2C1)c1ccccc1)C1CCOC1. The van der Waals surface area contributed by atoms with Gasteiger partial charge in [0.2, 0.25) is 11.8 Å². The Balaban J connectivity index is 1.13. The molecule has 7 heteroatoms. The van der Waals surface area contributed by atoms with E-state index in [9.17, 15) is 9.59 Å². The number of rotatable bonds is 8. The average molecular weight is 468 g/mol. The van der Waals surface area contributed by atoms with Gasteiger partial charge in [0, 0.05) is 44.2 Å². The fourth-order valence-corrected chi connectivity index (χ4v) is 6.20. The number of thiophene rings is 1. The van der Waals surface area contributed by atoms with E-state index in [0.29, 0.717) is 31.5 Å². The molecule has 1 aromatic heterocycles. The molecular formula is C26H33N3O3S. The Morgan fingerprint density at radius 2 is 1.85 bits per heavy atom. The van der Waals surface area contributed by atoms with Crippen molar-refractivity contribution in [2.75, 3.05) is 45.9 Å². The number of fused-ring (bicyclic) bond motifs is 1. The van der Waals surface area contributed by atoms with E-state index in [4.69, 9.17) is 4.74 Å². The molecule has 3 saturated heterocycles. The summed E-state index contributed by atoms with van der Waals surface area (Å²) in [5.74, 6) is 1.48. The van der Waals surface area contributed by atoms with Crippen molar-refractivity contribution in [2.45, 2.75) is 25.3 Å². The molecule has 6 nitrogen and oxygen atoms in total. The van der Waals surface area contributed by atoms with Gasteiger partial charge in [0.05, 0.1) is 25.0 Å². The van der Waals surface area contributed by atoms with Gasteiger partial charge in [-0.25, -0.2) is 0 Å². The zero-order valence-corrected chi connectivity index (χ0v) is 19.8. The van der Waals surface area contributed by atoms with Crippen molar-refractivity contribution in [3.05, 3.63) is 58.3 Å². The van der Waals surface area contributed by atoms with Crippen molar-refractivity contribution in [1.29, 1.82) is 0 Å². The van der Waals surface area contributed by atoms with E-state index in [1.54, 1.807) is 11.3 Å². The molecule has 5 rings (SSSR count). The average Bonchev–Trinajstić information content (AvgIpc) is 3.62. The summed E-state index contributed by atoms with van der Waals surface area (Å²) in [5, 5.41) is 5.33. The van der Waals surface area contributed by atoms with Crippen LogP contribution in [0.15, 0.2) is 47.8 Å². The van der Waals surface area contributed by atoms with Crippen LogP contribution in [0.4, 0.5) is 0 Å². The summed E-state index contributed by atoms with van der Waals surface area (Å²) in [4.78, 5) is 31.2. The van der Waals surface area contributed by atoms with Crippen molar-refractivity contribution in [3.8, 4) is 0 Å². The molecule has 3 aliphatic rings. The van der Waals surface area contributed by atoms with Gasteiger partial charge in [-0.1, -0.05) is 36.4 Å². The Bertz CT molecular complexity index is 916. The molecule has 0 saturated carbocycles. The number of nitrogens with zero attached hydrogens (tertiary/aromatic N) is 2. The monoisotopic (exact) mass is 467 g/mol. The number of amides is 2. The van der Waals surface area contributed by atoms with Crippen molar-refractivity contribution in [2.24, 2.45) is 17.8 Å². The number of carbonyl (C=O) groups excluding carboxylic acids is 2. The highest BCUT2D eigenvalue weighted by molar-refractivity contribution is 7.10. The summed E-state index contributed by atoms with van der Waals surface area (Å²) in [6.07, 6.45) is 2.24. The fourth-order valence-electron chi connectivity index (χ4n) is 5.50. The number of nitrogens with one attached hydrogen (secondary N) is 1. The standard InChI is InChI=1S/C26H33N3O3S/c30-25(13-23-7-4-12-33-23)29-16-21-14-28(15-22(21)17-29)10-8-24(19-5-2-1-3-6-19)27-26(31)20-9-11-32-18-20/h1-7,12,20-22,24H,8-11,13-18H2,(H,27,31)/t20?,21?,22?,24-/m0/s1. The van der Waals surface area contributed by atoms with Crippen LogP contribution in [0.3, 0.4) is 0 Å². The molecule has 2 aromatic rings. The first kappa shape index (κ1) is 22.6. The van der Waals surface area contributed by atoms with E-state index in [1.165, 1.54) is 0 Å². The third-order valence-electron chi connectivity index (χ3n) is 7.37. The van der Waals surface area contributed by atoms with Gasteiger partial charge in [-0.3, -0.25) is 9.59 Å². The predicted octanol–water partition coefficient (Wildman–Crippen LogP) is 2.96. The van der Waals surface area contributed by atoms with Crippen LogP contribution in [0.5, 0.6) is 0 Å². The minimum absolute atomic E-state index is 0.0172. The van der Waals surface area contributed by atoms with Gasteiger partial charge in [-0.05, 0) is 41.7 Å². The number of benzene rings is 1. The second-order valence-corrected chi connectivity index (χ2v) is 10.7. The Labute approximate surface area is 199 Å². The number of carbonyl (C=O) groups is 2. The molecule has 4 atom stereocenters. The maximum absolute atomic E-state index is 12.8. The molecule has 1 aromatic carbocycles. The van der Waals surface area contributed by atoms with Gasteiger partial charge >= 0.3 is 0 Å². The Kier molecular flexibility index (Phi) is 7.09. The van der Waals surface area contributed by atoms with Crippen molar-refractivity contribution < 1.29 is 14.3 Å². The zero-order chi connectivity index (χ0) is 22.6. The summed E-state index contributed by atoms with van der Waals surface area (Å²) < 4.78 is 5.41. The Hall–Kier alpha value is -2.22. The van der Waals surface area contributed by atoms with E-state index in [-0.39, 0.29) is 23.8 Å². The van der Waals surface area contributed by atoms with E-state index >= 15 is 0 Å². The highest BCUT2D eigenvalue weighted by atomic mass is 32.1. The molecule has 3 unspecified atom stereocenters. The largest absolute Gasteiger partial charge is 0.381 e. The van der Waals surface area contributed by atoms with Crippen LogP contribution in [0.2, 0.25) is 0 Å².